The highest BCUT2D eigenvalue weighted by Crippen LogP contribution is 2.18. The zero-order valence-corrected chi connectivity index (χ0v) is 12.3. The van der Waals surface area contributed by atoms with Gasteiger partial charge in [-0.3, -0.25) is 10.1 Å². The minimum absolute atomic E-state index is 0.0721. The molecule has 0 atom stereocenters. The zero-order chi connectivity index (χ0) is 15.7. The summed E-state index contributed by atoms with van der Waals surface area (Å²) in [7, 11) is 0. The molecule has 3 aromatic rings. The van der Waals surface area contributed by atoms with Gasteiger partial charge in [0.15, 0.2) is 0 Å². The first kappa shape index (κ1) is 14.0. The lowest BCUT2D eigenvalue weighted by molar-refractivity contribution is -0.384. The fraction of sp³-hybridized carbons (Fsp3) is 0.200. The number of hydrogen-bond donors (Lipinski definition) is 1. The highest BCUT2D eigenvalue weighted by atomic mass is 16.6. The molecule has 1 aromatic heterocycles. The molecule has 7 nitrogen and oxygen atoms in total. The van der Waals surface area contributed by atoms with E-state index in [2.05, 4.69) is 28.6 Å². The third-order valence-electron chi connectivity index (χ3n) is 3.64. The quantitative estimate of drug-likeness (QED) is 0.591. The Bertz CT molecular complexity index is 839. The highest BCUT2D eigenvalue weighted by Gasteiger charge is 2.07. The molecule has 112 valence electrons. The zero-order valence-electron chi connectivity index (χ0n) is 12.3. The SMILES string of the molecule is Cc1cc2nnn(CNc3ccc([N+](=O)[O-])cc3)c2cc1C. The molecule has 3 rings (SSSR count). The Balaban J connectivity index is 1.79. The van der Waals surface area contributed by atoms with Gasteiger partial charge in [0.05, 0.1) is 10.4 Å². The van der Waals surface area contributed by atoms with E-state index in [0.29, 0.717) is 6.67 Å². The minimum Gasteiger partial charge on any atom is -0.366 e. The Kier molecular flexibility index (Phi) is 3.46. The number of hydrogen-bond acceptors (Lipinski definition) is 5. The second-order valence-corrected chi connectivity index (χ2v) is 5.15. The number of benzene rings is 2. The Morgan fingerprint density at radius 1 is 1.18 bits per heavy atom. The van der Waals surface area contributed by atoms with Gasteiger partial charge in [0, 0.05) is 17.8 Å². The summed E-state index contributed by atoms with van der Waals surface area (Å²) in [6, 6.07) is 10.4. The largest absolute Gasteiger partial charge is 0.366 e. The van der Waals surface area contributed by atoms with Gasteiger partial charge in [-0.25, -0.2) is 4.68 Å². The lowest BCUT2D eigenvalue weighted by atomic mass is 10.1. The Morgan fingerprint density at radius 2 is 1.86 bits per heavy atom. The number of anilines is 1. The van der Waals surface area contributed by atoms with E-state index in [1.54, 1.807) is 16.8 Å². The smallest absolute Gasteiger partial charge is 0.269 e. The van der Waals surface area contributed by atoms with Crippen molar-refractivity contribution in [1.82, 2.24) is 15.0 Å². The van der Waals surface area contributed by atoms with Crippen molar-refractivity contribution in [2.45, 2.75) is 20.5 Å². The molecule has 0 saturated carbocycles. The molecule has 0 aliphatic heterocycles. The van der Waals surface area contributed by atoms with Crippen LogP contribution in [0.2, 0.25) is 0 Å². The summed E-state index contributed by atoms with van der Waals surface area (Å²) in [6.07, 6.45) is 0. The molecule has 0 bridgehead atoms. The molecule has 0 radical (unpaired) electrons. The summed E-state index contributed by atoms with van der Waals surface area (Å²) in [5, 5.41) is 22.1. The van der Waals surface area contributed by atoms with Crippen LogP contribution in [0.4, 0.5) is 11.4 Å². The van der Waals surface area contributed by atoms with Crippen LogP contribution in [0.25, 0.3) is 11.0 Å². The molecule has 0 unspecified atom stereocenters. The van der Waals surface area contributed by atoms with Crippen molar-refractivity contribution in [3.05, 3.63) is 57.6 Å². The van der Waals surface area contributed by atoms with Crippen LogP contribution in [0.1, 0.15) is 11.1 Å². The van der Waals surface area contributed by atoms with Gasteiger partial charge in [-0.05, 0) is 49.2 Å². The number of nitrogens with zero attached hydrogens (tertiary/aromatic N) is 4. The molecule has 1 N–H and O–H groups in total. The summed E-state index contributed by atoms with van der Waals surface area (Å²) in [5.41, 5.74) is 5.04. The average molecular weight is 297 g/mol. The van der Waals surface area contributed by atoms with Crippen molar-refractivity contribution in [1.29, 1.82) is 0 Å². The van der Waals surface area contributed by atoms with E-state index in [4.69, 9.17) is 0 Å². The van der Waals surface area contributed by atoms with Gasteiger partial charge in [0.1, 0.15) is 12.2 Å². The molecule has 0 saturated heterocycles. The predicted octanol–water partition coefficient (Wildman–Crippen LogP) is 3.03. The van der Waals surface area contributed by atoms with Gasteiger partial charge in [0.25, 0.3) is 5.69 Å². The van der Waals surface area contributed by atoms with E-state index in [9.17, 15) is 10.1 Å². The van der Waals surface area contributed by atoms with Crippen molar-refractivity contribution in [3.8, 4) is 0 Å². The second kappa shape index (κ2) is 5.44. The highest BCUT2D eigenvalue weighted by molar-refractivity contribution is 5.76. The molecule has 0 aliphatic rings. The molecule has 1 heterocycles. The molecule has 0 spiro atoms. The van der Waals surface area contributed by atoms with Gasteiger partial charge in [-0.2, -0.15) is 0 Å². The maximum absolute atomic E-state index is 10.6. The Hall–Kier alpha value is -2.96. The lowest BCUT2D eigenvalue weighted by Crippen LogP contribution is -2.09. The summed E-state index contributed by atoms with van der Waals surface area (Å²) >= 11 is 0. The maximum Gasteiger partial charge on any atom is 0.269 e. The summed E-state index contributed by atoms with van der Waals surface area (Å²) in [4.78, 5) is 10.2. The average Bonchev–Trinajstić information content (AvgIpc) is 2.88. The number of nitrogens with one attached hydrogen (secondary N) is 1. The number of aromatic nitrogens is 3. The normalized spacial score (nSPS) is 10.8. The van der Waals surface area contributed by atoms with Crippen LogP contribution in [0.5, 0.6) is 0 Å². The van der Waals surface area contributed by atoms with Crippen LogP contribution in [-0.2, 0) is 6.67 Å². The van der Waals surface area contributed by atoms with Crippen LogP contribution >= 0.6 is 0 Å². The van der Waals surface area contributed by atoms with E-state index in [1.807, 2.05) is 13.0 Å². The van der Waals surface area contributed by atoms with E-state index < -0.39 is 4.92 Å². The van der Waals surface area contributed by atoms with Crippen LogP contribution in [-0.4, -0.2) is 19.9 Å². The number of rotatable bonds is 4. The van der Waals surface area contributed by atoms with Crippen molar-refractivity contribution < 1.29 is 4.92 Å². The second-order valence-electron chi connectivity index (χ2n) is 5.15. The van der Waals surface area contributed by atoms with Gasteiger partial charge < -0.3 is 5.32 Å². The van der Waals surface area contributed by atoms with Gasteiger partial charge in [-0.1, -0.05) is 5.21 Å². The number of nitro benzene ring substituents is 1. The first-order valence-corrected chi connectivity index (χ1v) is 6.83. The van der Waals surface area contributed by atoms with E-state index in [1.165, 1.54) is 23.3 Å². The number of aryl methyl sites for hydroxylation is 2. The minimum atomic E-state index is -0.417. The Morgan fingerprint density at radius 3 is 2.55 bits per heavy atom. The molecule has 2 aromatic carbocycles. The molecule has 0 aliphatic carbocycles. The van der Waals surface area contributed by atoms with Crippen molar-refractivity contribution >= 4 is 22.4 Å². The number of fused-ring (bicyclic) bond motifs is 1. The standard InChI is InChI=1S/C15H15N5O2/c1-10-7-14-15(8-11(10)2)19(18-17-14)9-16-12-3-5-13(6-4-12)20(21)22/h3-8,16H,9H2,1-2H3. The lowest BCUT2D eigenvalue weighted by Gasteiger charge is -2.07. The number of nitro groups is 1. The van der Waals surface area contributed by atoms with Crippen molar-refractivity contribution in [3.63, 3.8) is 0 Å². The van der Waals surface area contributed by atoms with Crippen LogP contribution in [0.15, 0.2) is 36.4 Å². The van der Waals surface area contributed by atoms with Gasteiger partial charge >= 0.3 is 0 Å². The van der Waals surface area contributed by atoms with E-state index >= 15 is 0 Å². The fourth-order valence-electron chi connectivity index (χ4n) is 2.21. The topological polar surface area (TPSA) is 85.9 Å². The van der Waals surface area contributed by atoms with Crippen LogP contribution < -0.4 is 5.32 Å². The van der Waals surface area contributed by atoms with E-state index in [0.717, 1.165) is 16.7 Å². The summed E-state index contributed by atoms with van der Waals surface area (Å²) in [5.74, 6) is 0. The van der Waals surface area contributed by atoms with Crippen molar-refractivity contribution in [2.24, 2.45) is 0 Å². The predicted molar refractivity (Wildman–Crippen MR) is 83.7 cm³/mol. The first-order chi connectivity index (χ1) is 10.5. The molecular weight excluding hydrogens is 282 g/mol. The molecule has 0 fully saturated rings. The van der Waals surface area contributed by atoms with E-state index in [-0.39, 0.29) is 5.69 Å². The fourth-order valence-corrected chi connectivity index (χ4v) is 2.21. The molecule has 7 heteroatoms. The first-order valence-electron chi connectivity index (χ1n) is 6.83. The van der Waals surface area contributed by atoms with Crippen LogP contribution in [0, 0.1) is 24.0 Å². The third kappa shape index (κ3) is 2.60. The van der Waals surface area contributed by atoms with Gasteiger partial charge in [0.2, 0.25) is 0 Å². The van der Waals surface area contributed by atoms with Crippen LogP contribution in [0.3, 0.4) is 0 Å². The third-order valence-corrected chi connectivity index (χ3v) is 3.64. The number of non-ortho nitro benzene ring substituents is 1. The summed E-state index contributed by atoms with van der Waals surface area (Å²) < 4.78 is 1.77. The van der Waals surface area contributed by atoms with Gasteiger partial charge in [-0.15, -0.1) is 5.10 Å². The van der Waals surface area contributed by atoms with Crippen molar-refractivity contribution in [2.75, 3.05) is 5.32 Å². The summed E-state index contributed by atoms with van der Waals surface area (Å²) in [6.45, 7) is 4.54. The molecular formula is C15H15N5O2. The molecule has 22 heavy (non-hydrogen) atoms. The maximum atomic E-state index is 10.6. The monoisotopic (exact) mass is 297 g/mol. The Labute approximate surface area is 126 Å². The molecule has 0 amide bonds.